The van der Waals surface area contributed by atoms with Crippen molar-refractivity contribution in [1.29, 1.82) is 0 Å². The van der Waals surface area contributed by atoms with Crippen molar-refractivity contribution in [2.24, 2.45) is 0 Å². The van der Waals surface area contributed by atoms with Crippen LogP contribution >= 0.6 is 0 Å². The fraction of sp³-hybridized carbons (Fsp3) is 0.235. The van der Waals surface area contributed by atoms with Gasteiger partial charge in [-0.3, -0.25) is 4.79 Å². The maximum absolute atomic E-state index is 12.2. The first-order valence-corrected chi connectivity index (χ1v) is 6.70. The highest BCUT2D eigenvalue weighted by atomic mass is 16.5. The van der Waals surface area contributed by atoms with E-state index >= 15 is 0 Å². The first-order valence-electron chi connectivity index (χ1n) is 6.70. The first-order chi connectivity index (χ1) is 10.1. The quantitative estimate of drug-likeness (QED) is 0.917. The zero-order chi connectivity index (χ0) is 15.2. The Morgan fingerprint density at radius 1 is 1.10 bits per heavy atom. The van der Waals surface area contributed by atoms with Crippen LogP contribution in [-0.2, 0) is 11.2 Å². The van der Waals surface area contributed by atoms with Crippen molar-refractivity contribution in [3.8, 4) is 11.5 Å². The third kappa shape index (κ3) is 3.99. The second kappa shape index (κ2) is 6.79. The molecular formula is C17H19NO3. The van der Waals surface area contributed by atoms with E-state index in [1.807, 2.05) is 31.2 Å². The van der Waals surface area contributed by atoms with Gasteiger partial charge in [-0.1, -0.05) is 29.8 Å². The van der Waals surface area contributed by atoms with E-state index < -0.39 is 0 Å². The van der Waals surface area contributed by atoms with Gasteiger partial charge in [0.05, 0.1) is 26.3 Å². The summed E-state index contributed by atoms with van der Waals surface area (Å²) in [4.78, 5) is 12.2. The van der Waals surface area contributed by atoms with Crippen molar-refractivity contribution in [3.05, 3.63) is 53.6 Å². The number of carbonyl (C=O) groups excluding carboxylic acids is 1. The van der Waals surface area contributed by atoms with Crippen LogP contribution in [0.4, 0.5) is 5.69 Å². The molecule has 0 radical (unpaired) electrons. The molecule has 2 aromatic rings. The van der Waals surface area contributed by atoms with Crippen molar-refractivity contribution in [1.82, 2.24) is 0 Å². The van der Waals surface area contributed by atoms with Crippen LogP contribution in [0.2, 0.25) is 0 Å². The molecule has 0 saturated heterocycles. The molecule has 0 aliphatic rings. The van der Waals surface area contributed by atoms with Crippen LogP contribution in [0, 0.1) is 6.92 Å². The molecule has 4 nitrogen and oxygen atoms in total. The van der Waals surface area contributed by atoms with Gasteiger partial charge in [0.15, 0.2) is 0 Å². The van der Waals surface area contributed by atoms with Gasteiger partial charge in [-0.25, -0.2) is 0 Å². The third-order valence-electron chi connectivity index (χ3n) is 3.13. The molecule has 21 heavy (non-hydrogen) atoms. The highest BCUT2D eigenvalue weighted by molar-refractivity contribution is 5.94. The van der Waals surface area contributed by atoms with E-state index in [1.54, 1.807) is 32.4 Å². The van der Waals surface area contributed by atoms with Gasteiger partial charge < -0.3 is 14.8 Å². The molecule has 0 unspecified atom stereocenters. The number of benzene rings is 2. The van der Waals surface area contributed by atoms with Gasteiger partial charge in [-0.2, -0.15) is 0 Å². The van der Waals surface area contributed by atoms with Crippen LogP contribution in [0.3, 0.4) is 0 Å². The van der Waals surface area contributed by atoms with Crippen molar-refractivity contribution >= 4 is 11.6 Å². The summed E-state index contributed by atoms with van der Waals surface area (Å²) < 4.78 is 10.4. The second-order valence-electron chi connectivity index (χ2n) is 4.78. The van der Waals surface area contributed by atoms with Gasteiger partial charge in [-0.15, -0.1) is 0 Å². The Morgan fingerprint density at radius 3 is 2.57 bits per heavy atom. The highest BCUT2D eigenvalue weighted by Gasteiger charge is 2.09. The van der Waals surface area contributed by atoms with E-state index in [0.29, 0.717) is 23.6 Å². The van der Waals surface area contributed by atoms with Crippen LogP contribution in [0.5, 0.6) is 11.5 Å². The number of hydrogen-bond acceptors (Lipinski definition) is 3. The van der Waals surface area contributed by atoms with E-state index in [4.69, 9.17) is 9.47 Å². The molecular weight excluding hydrogens is 266 g/mol. The Kier molecular flexibility index (Phi) is 4.82. The molecule has 110 valence electrons. The van der Waals surface area contributed by atoms with Gasteiger partial charge in [-0.05, 0) is 24.6 Å². The summed E-state index contributed by atoms with van der Waals surface area (Å²) in [6.45, 7) is 2.01. The maximum atomic E-state index is 12.2. The van der Waals surface area contributed by atoms with Crippen molar-refractivity contribution < 1.29 is 14.3 Å². The van der Waals surface area contributed by atoms with Crippen molar-refractivity contribution in [3.63, 3.8) is 0 Å². The van der Waals surface area contributed by atoms with Crippen LogP contribution < -0.4 is 14.8 Å². The summed E-state index contributed by atoms with van der Waals surface area (Å²) >= 11 is 0. The number of methoxy groups -OCH3 is 2. The van der Waals surface area contributed by atoms with Crippen molar-refractivity contribution in [2.75, 3.05) is 19.5 Å². The molecule has 2 aromatic carbocycles. The zero-order valence-corrected chi connectivity index (χ0v) is 12.5. The molecule has 1 amide bonds. The summed E-state index contributed by atoms with van der Waals surface area (Å²) in [7, 11) is 3.15. The minimum atomic E-state index is -0.0906. The average molecular weight is 285 g/mol. The van der Waals surface area contributed by atoms with E-state index in [-0.39, 0.29) is 5.91 Å². The minimum Gasteiger partial charge on any atom is -0.497 e. The number of nitrogens with one attached hydrogen (secondary N) is 1. The fourth-order valence-corrected chi connectivity index (χ4v) is 2.11. The van der Waals surface area contributed by atoms with Crippen LogP contribution in [0.1, 0.15) is 11.1 Å². The van der Waals surface area contributed by atoms with Gasteiger partial charge >= 0.3 is 0 Å². The molecule has 1 N–H and O–H groups in total. The maximum Gasteiger partial charge on any atom is 0.228 e. The summed E-state index contributed by atoms with van der Waals surface area (Å²) in [6.07, 6.45) is 0.321. The molecule has 2 rings (SSSR count). The number of rotatable bonds is 5. The Morgan fingerprint density at radius 2 is 1.90 bits per heavy atom. The minimum absolute atomic E-state index is 0.0906. The Labute approximate surface area is 124 Å². The monoisotopic (exact) mass is 285 g/mol. The van der Waals surface area contributed by atoms with Crippen LogP contribution in [-0.4, -0.2) is 20.1 Å². The first kappa shape index (κ1) is 14.9. The SMILES string of the molecule is COc1ccc(OC)c(NC(=O)Cc2cccc(C)c2)c1. The predicted octanol–water partition coefficient (Wildman–Crippen LogP) is 3.19. The molecule has 0 aliphatic heterocycles. The van der Waals surface area contributed by atoms with Crippen molar-refractivity contribution in [2.45, 2.75) is 13.3 Å². The average Bonchev–Trinajstić information content (AvgIpc) is 2.47. The molecule has 4 heteroatoms. The number of carbonyl (C=O) groups is 1. The Balaban J connectivity index is 2.12. The Hall–Kier alpha value is -2.49. The number of amides is 1. The van der Waals surface area contributed by atoms with Crippen LogP contribution in [0.25, 0.3) is 0 Å². The molecule has 0 fully saturated rings. The summed E-state index contributed by atoms with van der Waals surface area (Å²) in [5, 5.41) is 2.86. The molecule has 0 aliphatic carbocycles. The zero-order valence-electron chi connectivity index (χ0n) is 12.5. The van der Waals surface area contributed by atoms with Gasteiger partial charge in [0.25, 0.3) is 0 Å². The predicted molar refractivity (Wildman–Crippen MR) is 83.1 cm³/mol. The lowest BCUT2D eigenvalue weighted by molar-refractivity contribution is -0.115. The molecule has 0 saturated carbocycles. The summed E-state index contributed by atoms with van der Waals surface area (Å²) in [5.41, 5.74) is 2.73. The normalized spacial score (nSPS) is 10.0. The lowest BCUT2D eigenvalue weighted by Crippen LogP contribution is -2.15. The summed E-state index contributed by atoms with van der Waals surface area (Å²) in [5.74, 6) is 1.18. The van der Waals surface area contributed by atoms with E-state index in [1.165, 1.54) is 0 Å². The van der Waals surface area contributed by atoms with Gasteiger partial charge in [0.2, 0.25) is 5.91 Å². The molecule has 0 spiro atoms. The number of aryl methyl sites for hydroxylation is 1. The standard InChI is InChI=1S/C17H19NO3/c1-12-5-4-6-13(9-12)10-17(19)18-15-11-14(20-2)7-8-16(15)21-3/h4-9,11H,10H2,1-3H3,(H,18,19). The summed E-state index contributed by atoms with van der Waals surface area (Å²) in [6, 6.07) is 13.2. The van der Waals surface area contributed by atoms with Gasteiger partial charge in [0, 0.05) is 6.07 Å². The molecule has 0 atom stereocenters. The molecule has 0 aromatic heterocycles. The largest absolute Gasteiger partial charge is 0.497 e. The topological polar surface area (TPSA) is 47.6 Å². The molecule has 0 heterocycles. The second-order valence-corrected chi connectivity index (χ2v) is 4.78. The van der Waals surface area contributed by atoms with E-state index in [2.05, 4.69) is 5.32 Å². The van der Waals surface area contributed by atoms with E-state index in [9.17, 15) is 4.79 Å². The lowest BCUT2D eigenvalue weighted by Gasteiger charge is -2.12. The van der Waals surface area contributed by atoms with Gasteiger partial charge in [0.1, 0.15) is 11.5 Å². The number of hydrogen-bond donors (Lipinski definition) is 1. The fourth-order valence-electron chi connectivity index (χ4n) is 2.11. The highest BCUT2D eigenvalue weighted by Crippen LogP contribution is 2.28. The number of anilines is 1. The third-order valence-corrected chi connectivity index (χ3v) is 3.13. The van der Waals surface area contributed by atoms with Crippen LogP contribution in [0.15, 0.2) is 42.5 Å². The Bertz CT molecular complexity index is 638. The lowest BCUT2D eigenvalue weighted by atomic mass is 10.1. The van der Waals surface area contributed by atoms with E-state index in [0.717, 1.165) is 11.1 Å². The molecule has 0 bridgehead atoms. The number of ether oxygens (including phenoxy) is 2. The smallest absolute Gasteiger partial charge is 0.228 e.